The van der Waals surface area contributed by atoms with Crippen molar-refractivity contribution >= 4 is 5.91 Å². The van der Waals surface area contributed by atoms with E-state index < -0.39 is 0 Å². The molecule has 1 atom stereocenters. The Balaban J connectivity index is 1.63. The SMILES string of the molecule is Cc1ccc(O[C@H]2CCN(C(=O)c3ccc(C)c(F)c3)C2)nn1. The summed E-state index contributed by atoms with van der Waals surface area (Å²) in [6.07, 6.45) is 0.599. The van der Waals surface area contributed by atoms with Crippen molar-refractivity contribution in [3.05, 3.63) is 53.0 Å². The number of rotatable bonds is 3. The van der Waals surface area contributed by atoms with Crippen LogP contribution in [-0.2, 0) is 0 Å². The molecule has 0 aliphatic carbocycles. The zero-order chi connectivity index (χ0) is 16.4. The number of hydrogen-bond acceptors (Lipinski definition) is 4. The van der Waals surface area contributed by atoms with Gasteiger partial charge in [0.1, 0.15) is 11.9 Å². The highest BCUT2D eigenvalue weighted by atomic mass is 19.1. The molecule has 1 fully saturated rings. The first kappa shape index (κ1) is 15.4. The molecule has 1 aliphatic heterocycles. The van der Waals surface area contributed by atoms with Gasteiger partial charge < -0.3 is 9.64 Å². The number of benzene rings is 1. The summed E-state index contributed by atoms with van der Waals surface area (Å²) >= 11 is 0. The van der Waals surface area contributed by atoms with Gasteiger partial charge in [0, 0.05) is 24.6 Å². The number of likely N-dealkylation sites (tertiary alicyclic amines) is 1. The second-order valence-corrected chi connectivity index (χ2v) is 5.76. The first-order valence-electron chi connectivity index (χ1n) is 7.55. The summed E-state index contributed by atoms with van der Waals surface area (Å²) in [7, 11) is 0. The van der Waals surface area contributed by atoms with Crippen LogP contribution in [0, 0.1) is 19.7 Å². The highest BCUT2D eigenvalue weighted by Crippen LogP contribution is 2.19. The van der Waals surface area contributed by atoms with E-state index in [0.29, 0.717) is 30.1 Å². The molecule has 2 heterocycles. The number of aryl methyl sites for hydroxylation is 2. The number of carbonyl (C=O) groups is 1. The van der Waals surface area contributed by atoms with Crippen molar-refractivity contribution in [3.8, 4) is 5.88 Å². The predicted molar refractivity (Wildman–Crippen MR) is 82.8 cm³/mol. The van der Waals surface area contributed by atoms with E-state index in [-0.39, 0.29) is 17.8 Å². The highest BCUT2D eigenvalue weighted by Gasteiger charge is 2.28. The Morgan fingerprint density at radius 1 is 1.26 bits per heavy atom. The van der Waals surface area contributed by atoms with Crippen molar-refractivity contribution in [2.75, 3.05) is 13.1 Å². The summed E-state index contributed by atoms with van der Waals surface area (Å²) in [6, 6.07) is 8.16. The fourth-order valence-corrected chi connectivity index (χ4v) is 2.54. The molecule has 1 aliphatic rings. The van der Waals surface area contributed by atoms with Gasteiger partial charge in [-0.25, -0.2) is 4.39 Å². The van der Waals surface area contributed by atoms with Gasteiger partial charge in [-0.15, -0.1) is 5.10 Å². The molecule has 23 heavy (non-hydrogen) atoms. The Kier molecular flexibility index (Phi) is 4.23. The van der Waals surface area contributed by atoms with Crippen LogP contribution in [0.3, 0.4) is 0 Å². The van der Waals surface area contributed by atoms with Crippen LogP contribution in [0.2, 0.25) is 0 Å². The number of hydrogen-bond donors (Lipinski definition) is 0. The van der Waals surface area contributed by atoms with Gasteiger partial charge in [0.25, 0.3) is 5.91 Å². The second-order valence-electron chi connectivity index (χ2n) is 5.76. The number of nitrogens with zero attached hydrogens (tertiary/aromatic N) is 3. The average molecular weight is 315 g/mol. The Hall–Kier alpha value is -2.50. The van der Waals surface area contributed by atoms with Crippen molar-refractivity contribution in [1.82, 2.24) is 15.1 Å². The highest BCUT2D eigenvalue weighted by molar-refractivity contribution is 5.94. The maximum Gasteiger partial charge on any atom is 0.254 e. The first-order chi connectivity index (χ1) is 11.0. The number of aromatic nitrogens is 2. The zero-order valence-electron chi connectivity index (χ0n) is 13.1. The minimum Gasteiger partial charge on any atom is -0.471 e. The third kappa shape index (κ3) is 3.47. The van der Waals surface area contributed by atoms with Gasteiger partial charge in [0.2, 0.25) is 5.88 Å². The molecule has 5 nitrogen and oxygen atoms in total. The molecule has 2 aromatic rings. The van der Waals surface area contributed by atoms with Gasteiger partial charge in [-0.3, -0.25) is 4.79 Å². The Morgan fingerprint density at radius 3 is 2.78 bits per heavy atom. The molecule has 6 heteroatoms. The normalized spacial score (nSPS) is 17.3. The molecule has 3 rings (SSSR count). The summed E-state index contributed by atoms with van der Waals surface area (Å²) in [6.45, 7) is 4.57. The standard InChI is InChI=1S/C17H18FN3O2/c1-11-3-5-13(9-15(11)18)17(22)21-8-7-14(10-21)23-16-6-4-12(2)19-20-16/h3-6,9,14H,7-8,10H2,1-2H3/t14-/m0/s1. The molecule has 1 aromatic heterocycles. The van der Waals surface area contributed by atoms with Crippen LogP contribution in [0.1, 0.15) is 28.0 Å². The van der Waals surface area contributed by atoms with E-state index in [4.69, 9.17) is 4.74 Å². The van der Waals surface area contributed by atoms with Crippen molar-refractivity contribution in [1.29, 1.82) is 0 Å². The van der Waals surface area contributed by atoms with Gasteiger partial charge in [-0.05, 0) is 37.6 Å². The number of carbonyl (C=O) groups excluding carboxylic acids is 1. The maximum atomic E-state index is 13.6. The van der Waals surface area contributed by atoms with Crippen LogP contribution in [0.5, 0.6) is 5.88 Å². The van der Waals surface area contributed by atoms with Crippen LogP contribution in [0.25, 0.3) is 0 Å². The molecule has 1 amide bonds. The first-order valence-corrected chi connectivity index (χ1v) is 7.55. The minimum absolute atomic E-state index is 0.119. The number of halogens is 1. The van der Waals surface area contributed by atoms with Crippen molar-refractivity contribution in [2.45, 2.75) is 26.4 Å². The lowest BCUT2D eigenvalue weighted by Gasteiger charge is -2.17. The number of amides is 1. The van der Waals surface area contributed by atoms with Crippen LogP contribution < -0.4 is 4.74 Å². The molecule has 0 N–H and O–H groups in total. The van der Waals surface area contributed by atoms with E-state index in [9.17, 15) is 9.18 Å². The number of ether oxygens (including phenoxy) is 1. The Morgan fingerprint density at radius 2 is 2.09 bits per heavy atom. The fourth-order valence-electron chi connectivity index (χ4n) is 2.54. The lowest BCUT2D eigenvalue weighted by molar-refractivity contribution is 0.0770. The zero-order valence-corrected chi connectivity index (χ0v) is 13.1. The van der Waals surface area contributed by atoms with E-state index in [1.54, 1.807) is 30.0 Å². The summed E-state index contributed by atoms with van der Waals surface area (Å²) in [5, 5.41) is 7.91. The van der Waals surface area contributed by atoms with E-state index in [2.05, 4.69) is 10.2 Å². The van der Waals surface area contributed by atoms with Crippen LogP contribution >= 0.6 is 0 Å². The third-order valence-corrected chi connectivity index (χ3v) is 3.91. The lowest BCUT2D eigenvalue weighted by Crippen LogP contribution is -2.31. The maximum absolute atomic E-state index is 13.6. The van der Waals surface area contributed by atoms with Gasteiger partial charge in [-0.2, -0.15) is 5.10 Å². The second kappa shape index (κ2) is 6.32. The summed E-state index contributed by atoms with van der Waals surface area (Å²) in [4.78, 5) is 14.1. The largest absolute Gasteiger partial charge is 0.471 e. The van der Waals surface area contributed by atoms with E-state index in [0.717, 1.165) is 12.1 Å². The molecule has 0 radical (unpaired) electrons. The molecule has 0 spiro atoms. The summed E-state index contributed by atoms with van der Waals surface area (Å²) in [5.74, 6) is -0.0842. The van der Waals surface area contributed by atoms with Gasteiger partial charge in [0.15, 0.2) is 0 Å². The molecule has 120 valence electrons. The van der Waals surface area contributed by atoms with E-state index >= 15 is 0 Å². The molecule has 1 aromatic carbocycles. The lowest BCUT2D eigenvalue weighted by atomic mass is 10.1. The molecule has 1 saturated heterocycles. The predicted octanol–water partition coefficient (Wildman–Crippen LogP) is 2.53. The van der Waals surface area contributed by atoms with Crippen molar-refractivity contribution in [2.24, 2.45) is 0 Å². The summed E-state index contributed by atoms with van der Waals surface area (Å²) in [5.41, 5.74) is 1.72. The smallest absolute Gasteiger partial charge is 0.254 e. The fraction of sp³-hybridized carbons (Fsp3) is 0.353. The third-order valence-electron chi connectivity index (χ3n) is 3.91. The molecular formula is C17H18FN3O2. The van der Waals surface area contributed by atoms with Crippen LogP contribution in [-0.4, -0.2) is 40.2 Å². The minimum atomic E-state index is -0.363. The summed E-state index contributed by atoms with van der Waals surface area (Å²) < 4.78 is 19.4. The molecule has 0 saturated carbocycles. The monoisotopic (exact) mass is 315 g/mol. The van der Waals surface area contributed by atoms with Crippen molar-refractivity contribution < 1.29 is 13.9 Å². The molecule has 0 unspecified atom stereocenters. The topological polar surface area (TPSA) is 55.3 Å². The van der Waals surface area contributed by atoms with Crippen LogP contribution in [0.4, 0.5) is 4.39 Å². The average Bonchev–Trinajstić information content (AvgIpc) is 3.00. The quantitative estimate of drug-likeness (QED) is 0.873. The van der Waals surface area contributed by atoms with Crippen LogP contribution in [0.15, 0.2) is 30.3 Å². The molecular weight excluding hydrogens is 297 g/mol. The van der Waals surface area contributed by atoms with Gasteiger partial charge in [0.05, 0.1) is 12.2 Å². The Bertz CT molecular complexity index is 718. The van der Waals surface area contributed by atoms with Crippen molar-refractivity contribution in [3.63, 3.8) is 0 Å². The van der Waals surface area contributed by atoms with Gasteiger partial charge in [-0.1, -0.05) is 6.07 Å². The van der Waals surface area contributed by atoms with Gasteiger partial charge >= 0.3 is 0 Å². The van der Waals surface area contributed by atoms with E-state index in [1.165, 1.54) is 6.07 Å². The molecule has 0 bridgehead atoms. The van der Waals surface area contributed by atoms with E-state index in [1.807, 2.05) is 13.0 Å². The Labute approximate surface area is 134 Å².